The summed E-state index contributed by atoms with van der Waals surface area (Å²) in [6.45, 7) is 3.48. The molecule has 0 amide bonds. The second-order valence-corrected chi connectivity index (χ2v) is 4.83. The third-order valence-electron chi connectivity index (χ3n) is 3.49. The van der Waals surface area contributed by atoms with Gasteiger partial charge in [0.15, 0.2) is 0 Å². The van der Waals surface area contributed by atoms with Gasteiger partial charge in [0.25, 0.3) is 0 Å². The Morgan fingerprint density at radius 2 is 2.11 bits per heavy atom. The maximum atomic E-state index is 8.72. The van der Waals surface area contributed by atoms with Crippen LogP contribution in [0.1, 0.15) is 25.7 Å². The molecule has 0 spiro atoms. The monoisotopic (exact) mass is 249 g/mol. The van der Waals surface area contributed by atoms with Gasteiger partial charge in [0.1, 0.15) is 5.82 Å². The number of nitrogens with zero attached hydrogens (tertiary/aromatic N) is 2. The van der Waals surface area contributed by atoms with E-state index in [1.165, 1.54) is 12.8 Å². The predicted octanol–water partition coefficient (Wildman–Crippen LogP) is 1.41. The van der Waals surface area contributed by atoms with Crippen molar-refractivity contribution in [1.29, 1.82) is 0 Å². The average Bonchev–Trinajstić information content (AvgIpc) is 2.45. The van der Waals surface area contributed by atoms with E-state index in [1.807, 2.05) is 18.3 Å². The normalized spacial score (nSPS) is 17.1. The average molecular weight is 249 g/mol. The first-order valence-corrected chi connectivity index (χ1v) is 6.90. The molecule has 1 aliphatic heterocycles. The molecule has 1 aromatic rings. The van der Waals surface area contributed by atoms with Gasteiger partial charge in [0, 0.05) is 31.9 Å². The van der Waals surface area contributed by atoms with E-state index in [9.17, 15) is 0 Å². The van der Waals surface area contributed by atoms with Crippen molar-refractivity contribution in [2.24, 2.45) is 0 Å². The van der Waals surface area contributed by atoms with Crippen LogP contribution in [0.5, 0.6) is 0 Å². The lowest BCUT2D eigenvalue weighted by atomic mass is 10.0. The fourth-order valence-electron chi connectivity index (χ4n) is 2.40. The number of piperidine rings is 1. The molecule has 100 valence electrons. The Hall–Kier alpha value is -1.13. The molecule has 0 unspecified atom stereocenters. The third kappa shape index (κ3) is 3.96. The second kappa shape index (κ2) is 7.34. The third-order valence-corrected chi connectivity index (χ3v) is 3.49. The molecule has 1 aliphatic rings. The van der Waals surface area contributed by atoms with Crippen LogP contribution in [0, 0.1) is 0 Å². The lowest BCUT2D eigenvalue weighted by Gasteiger charge is -2.33. The van der Waals surface area contributed by atoms with Crippen molar-refractivity contribution in [1.82, 2.24) is 10.3 Å². The smallest absolute Gasteiger partial charge is 0.128 e. The molecule has 0 bridgehead atoms. The summed E-state index contributed by atoms with van der Waals surface area (Å²) >= 11 is 0. The van der Waals surface area contributed by atoms with Crippen LogP contribution in [0.2, 0.25) is 0 Å². The van der Waals surface area contributed by atoms with E-state index in [2.05, 4.69) is 21.3 Å². The van der Waals surface area contributed by atoms with Gasteiger partial charge in [-0.25, -0.2) is 4.98 Å². The van der Waals surface area contributed by atoms with E-state index in [0.29, 0.717) is 12.6 Å². The number of aliphatic hydroxyl groups is 1. The van der Waals surface area contributed by atoms with Crippen molar-refractivity contribution in [3.05, 3.63) is 24.4 Å². The predicted molar refractivity (Wildman–Crippen MR) is 73.8 cm³/mol. The first kappa shape index (κ1) is 13.3. The number of hydrogen-bond acceptors (Lipinski definition) is 4. The summed E-state index contributed by atoms with van der Waals surface area (Å²) in [6, 6.07) is 6.71. The van der Waals surface area contributed by atoms with Crippen molar-refractivity contribution in [3.63, 3.8) is 0 Å². The highest BCUT2D eigenvalue weighted by atomic mass is 16.2. The van der Waals surface area contributed by atoms with Gasteiger partial charge < -0.3 is 15.3 Å². The molecular weight excluding hydrogens is 226 g/mol. The molecule has 0 aromatic carbocycles. The zero-order valence-corrected chi connectivity index (χ0v) is 10.9. The summed E-state index contributed by atoms with van der Waals surface area (Å²) in [4.78, 5) is 6.74. The molecule has 2 heterocycles. The first-order valence-electron chi connectivity index (χ1n) is 6.90. The molecule has 4 nitrogen and oxygen atoms in total. The van der Waals surface area contributed by atoms with Gasteiger partial charge in [-0.05, 0) is 44.4 Å². The fraction of sp³-hybridized carbons (Fsp3) is 0.643. The molecule has 1 saturated heterocycles. The zero-order valence-electron chi connectivity index (χ0n) is 10.9. The number of nitrogens with one attached hydrogen (secondary N) is 1. The molecule has 1 aromatic heterocycles. The van der Waals surface area contributed by atoms with E-state index >= 15 is 0 Å². The van der Waals surface area contributed by atoms with Gasteiger partial charge in [0.05, 0.1) is 0 Å². The van der Waals surface area contributed by atoms with Gasteiger partial charge in [-0.1, -0.05) is 6.07 Å². The zero-order chi connectivity index (χ0) is 12.6. The molecule has 4 heteroatoms. The number of aromatic nitrogens is 1. The molecule has 0 atom stereocenters. The van der Waals surface area contributed by atoms with Crippen LogP contribution < -0.4 is 10.2 Å². The summed E-state index contributed by atoms with van der Waals surface area (Å²) in [7, 11) is 0. The van der Waals surface area contributed by atoms with E-state index in [1.54, 1.807) is 0 Å². The number of pyridine rings is 1. The Morgan fingerprint density at radius 1 is 1.28 bits per heavy atom. The largest absolute Gasteiger partial charge is 0.396 e. The summed E-state index contributed by atoms with van der Waals surface area (Å²) in [5.74, 6) is 1.09. The molecule has 0 radical (unpaired) electrons. The fourth-order valence-corrected chi connectivity index (χ4v) is 2.40. The lowest BCUT2D eigenvalue weighted by molar-refractivity contribution is 0.281. The highest BCUT2D eigenvalue weighted by molar-refractivity contribution is 5.38. The topological polar surface area (TPSA) is 48.4 Å². The highest BCUT2D eigenvalue weighted by Gasteiger charge is 2.18. The van der Waals surface area contributed by atoms with Crippen molar-refractivity contribution in [2.75, 3.05) is 31.1 Å². The minimum Gasteiger partial charge on any atom is -0.396 e. The Bertz CT molecular complexity index is 323. The second-order valence-electron chi connectivity index (χ2n) is 4.83. The molecule has 18 heavy (non-hydrogen) atoms. The van der Waals surface area contributed by atoms with E-state index < -0.39 is 0 Å². The van der Waals surface area contributed by atoms with Crippen LogP contribution in [0.4, 0.5) is 5.82 Å². The lowest BCUT2D eigenvalue weighted by Crippen LogP contribution is -2.43. The number of unbranched alkanes of at least 4 members (excludes halogenated alkanes) is 1. The summed E-state index contributed by atoms with van der Waals surface area (Å²) in [6.07, 6.45) is 6.18. The van der Waals surface area contributed by atoms with Crippen LogP contribution >= 0.6 is 0 Å². The van der Waals surface area contributed by atoms with Crippen LogP contribution in [-0.4, -0.2) is 42.4 Å². The Morgan fingerprint density at radius 3 is 2.78 bits per heavy atom. The van der Waals surface area contributed by atoms with Gasteiger partial charge in [-0.2, -0.15) is 0 Å². The van der Waals surface area contributed by atoms with E-state index in [0.717, 1.165) is 38.3 Å². The number of hydrogen-bond donors (Lipinski definition) is 2. The Kier molecular flexibility index (Phi) is 5.42. The summed E-state index contributed by atoms with van der Waals surface area (Å²) in [5.41, 5.74) is 0. The SMILES string of the molecule is OCCCCNC1CCN(c2ccccn2)CC1. The van der Waals surface area contributed by atoms with Crippen LogP contribution in [0.15, 0.2) is 24.4 Å². The van der Waals surface area contributed by atoms with Gasteiger partial charge in [0.2, 0.25) is 0 Å². The maximum Gasteiger partial charge on any atom is 0.128 e. The molecule has 2 rings (SSSR count). The summed E-state index contributed by atoms with van der Waals surface area (Å²) in [5, 5.41) is 12.3. The first-order chi connectivity index (χ1) is 8.90. The standard InChI is InChI=1S/C14H23N3O/c18-12-4-3-8-15-13-6-10-17(11-7-13)14-5-1-2-9-16-14/h1-2,5,9,13,15,18H,3-4,6-8,10-12H2. The maximum absolute atomic E-state index is 8.72. The Balaban J connectivity index is 1.68. The molecule has 0 saturated carbocycles. The Labute approximate surface area is 109 Å². The van der Waals surface area contributed by atoms with Crippen molar-refractivity contribution >= 4 is 5.82 Å². The van der Waals surface area contributed by atoms with Crippen LogP contribution in [-0.2, 0) is 0 Å². The van der Waals surface area contributed by atoms with Crippen molar-refractivity contribution in [3.8, 4) is 0 Å². The summed E-state index contributed by atoms with van der Waals surface area (Å²) < 4.78 is 0. The molecule has 1 fully saturated rings. The quantitative estimate of drug-likeness (QED) is 0.749. The van der Waals surface area contributed by atoms with Crippen LogP contribution in [0.25, 0.3) is 0 Å². The minimum absolute atomic E-state index is 0.305. The van der Waals surface area contributed by atoms with Crippen molar-refractivity contribution < 1.29 is 5.11 Å². The van der Waals surface area contributed by atoms with Gasteiger partial charge in [-0.3, -0.25) is 0 Å². The van der Waals surface area contributed by atoms with Gasteiger partial charge >= 0.3 is 0 Å². The molecule has 0 aliphatic carbocycles. The van der Waals surface area contributed by atoms with Gasteiger partial charge in [-0.15, -0.1) is 0 Å². The highest BCUT2D eigenvalue weighted by Crippen LogP contribution is 2.17. The molecular formula is C14H23N3O. The van der Waals surface area contributed by atoms with Crippen molar-refractivity contribution in [2.45, 2.75) is 31.7 Å². The molecule has 2 N–H and O–H groups in total. The van der Waals surface area contributed by atoms with Crippen LogP contribution in [0.3, 0.4) is 0 Å². The van der Waals surface area contributed by atoms with E-state index in [-0.39, 0.29) is 0 Å². The number of anilines is 1. The number of aliphatic hydroxyl groups excluding tert-OH is 1. The van der Waals surface area contributed by atoms with E-state index in [4.69, 9.17) is 5.11 Å². The number of rotatable bonds is 6. The minimum atomic E-state index is 0.305.